The Morgan fingerprint density at radius 3 is 2.88 bits per heavy atom. The molecule has 4 aromatic heterocycles. The molecule has 0 aliphatic heterocycles. The summed E-state index contributed by atoms with van der Waals surface area (Å²) in [5.74, 6) is 0. The minimum Gasteiger partial charge on any atom is -0.320 e. The predicted octanol–water partition coefficient (Wildman–Crippen LogP) is 3.93. The highest BCUT2D eigenvalue weighted by atomic mass is 35.5. The second kappa shape index (κ2) is 5.04. The number of rotatable bonds is 2. The first kappa shape index (κ1) is 13.5. The topological polar surface area (TPSA) is 48.0 Å². The van der Waals surface area contributed by atoms with Crippen molar-refractivity contribution in [3.8, 4) is 0 Å². The number of hydrogen-bond acceptors (Lipinski definition) is 3. The number of aromatic nitrogens is 5. The van der Waals surface area contributed by atoms with Crippen molar-refractivity contribution < 1.29 is 0 Å². The SMILES string of the molecule is Clc1cccc(Cn2c3ccncc3c3nc4ccncn4c32)c1. The van der Waals surface area contributed by atoms with Gasteiger partial charge in [-0.25, -0.2) is 9.97 Å². The van der Waals surface area contributed by atoms with Crippen LogP contribution >= 0.6 is 11.6 Å². The molecule has 5 nitrogen and oxygen atoms in total. The van der Waals surface area contributed by atoms with Crippen LogP contribution in [-0.2, 0) is 6.54 Å². The van der Waals surface area contributed by atoms with E-state index in [9.17, 15) is 0 Å². The Morgan fingerprint density at radius 1 is 1.04 bits per heavy atom. The average Bonchev–Trinajstić information content (AvgIpc) is 3.12. The van der Waals surface area contributed by atoms with Gasteiger partial charge in [0.15, 0.2) is 0 Å². The van der Waals surface area contributed by atoms with E-state index < -0.39 is 0 Å². The standard InChI is InChI=1S/C18H12ClN5/c19-13-3-1-2-12(8-13)10-23-15-4-6-20-9-14(15)17-18(23)24-11-21-7-5-16(24)22-17/h1-9,11H,10H2. The molecule has 0 amide bonds. The number of nitrogens with zero attached hydrogens (tertiary/aromatic N) is 5. The first-order valence-corrected chi connectivity index (χ1v) is 7.97. The normalized spacial score (nSPS) is 11.7. The Hall–Kier alpha value is -2.92. The van der Waals surface area contributed by atoms with Gasteiger partial charge in [-0.1, -0.05) is 23.7 Å². The molecule has 0 aliphatic carbocycles. The van der Waals surface area contributed by atoms with Gasteiger partial charge in [-0.2, -0.15) is 0 Å². The summed E-state index contributed by atoms with van der Waals surface area (Å²) in [6.07, 6.45) is 7.22. The van der Waals surface area contributed by atoms with Crippen molar-refractivity contribution >= 4 is 39.3 Å². The van der Waals surface area contributed by atoms with Crippen molar-refractivity contribution in [3.05, 3.63) is 71.9 Å². The molecule has 0 unspecified atom stereocenters. The van der Waals surface area contributed by atoms with Crippen LogP contribution in [0.3, 0.4) is 0 Å². The molecule has 0 fully saturated rings. The summed E-state index contributed by atoms with van der Waals surface area (Å²) in [7, 11) is 0. The summed E-state index contributed by atoms with van der Waals surface area (Å²) >= 11 is 6.15. The van der Waals surface area contributed by atoms with Gasteiger partial charge in [0.25, 0.3) is 0 Å². The molecule has 0 saturated carbocycles. The number of fused-ring (bicyclic) bond motifs is 5. The molecular weight excluding hydrogens is 322 g/mol. The highest BCUT2D eigenvalue weighted by molar-refractivity contribution is 6.30. The quantitative estimate of drug-likeness (QED) is 0.491. The zero-order chi connectivity index (χ0) is 16.1. The molecule has 0 N–H and O–H groups in total. The van der Waals surface area contributed by atoms with Crippen LogP contribution < -0.4 is 0 Å². The molecule has 1 aromatic carbocycles. The van der Waals surface area contributed by atoms with E-state index in [1.165, 1.54) is 0 Å². The summed E-state index contributed by atoms with van der Waals surface area (Å²) in [5.41, 5.74) is 5.06. The van der Waals surface area contributed by atoms with Crippen molar-refractivity contribution in [3.63, 3.8) is 0 Å². The fourth-order valence-electron chi connectivity index (χ4n) is 3.22. The minimum absolute atomic E-state index is 0.702. The van der Waals surface area contributed by atoms with E-state index in [1.54, 1.807) is 18.7 Å². The van der Waals surface area contributed by atoms with Crippen LogP contribution in [0.2, 0.25) is 5.02 Å². The molecule has 0 aliphatic rings. The van der Waals surface area contributed by atoms with Gasteiger partial charge >= 0.3 is 0 Å². The molecule has 0 saturated heterocycles. The van der Waals surface area contributed by atoms with Gasteiger partial charge in [-0.15, -0.1) is 0 Å². The van der Waals surface area contributed by atoms with Crippen molar-refractivity contribution in [1.82, 2.24) is 23.9 Å². The van der Waals surface area contributed by atoms with Crippen molar-refractivity contribution in [2.45, 2.75) is 6.54 Å². The molecule has 0 atom stereocenters. The molecule has 6 heteroatoms. The van der Waals surface area contributed by atoms with Crippen LogP contribution in [0.1, 0.15) is 5.56 Å². The first-order valence-electron chi connectivity index (χ1n) is 7.60. The molecule has 5 aromatic rings. The molecule has 5 rings (SSSR count). The zero-order valence-electron chi connectivity index (χ0n) is 12.6. The Bertz CT molecular complexity index is 1200. The first-order chi connectivity index (χ1) is 11.8. The van der Waals surface area contributed by atoms with Crippen LogP contribution in [0.25, 0.3) is 27.7 Å². The molecule has 0 bridgehead atoms. The van der Waals surface area contributed by atoms with Gasteiger partial charge in [0, 0.05) is 35.5 Å². The summed E-state index contributed by atoms with van der Waals surface area (Å²) in [6, 6.07) is 11.8. The lowest BCUT2D eigenvalue weighted by Gasteiger charge is -2.08. The van der Waals surface area contributed by atoms with Crippen LogP contribution in [0.15, 0.2) is 61.3 Å². The third kappa shape index (κ3) is 1.91. The molecule has 116 valence electrons. The largest absolute Gasteiger partial charge is 0.320 e. The molecule has 4 heterocycles. The number of imidazole rings is 1. The minimum atomic E-state index is 0.702. The monoisotopic (exact) mass is 333 g/mol. The number of hydrogen-bond donors (Lipinski definition) is 0. The number of benzene rings is 1. The Labute approximate surface area is 142 Å². The maximum absolute atomic E-state index is 6.15. The lowest BCUT2D eigenvalue weighted by Crippen LogP contribution is -2.02. The molecule has 0 radical (unpaired) electrons. The van der Waals surface area contributed by atoms with Crippen molar-refractivity contribution in [2.75, 3.05) is 0 Å². The fraction of sp³-hybridized carbons (Fsp3) is 0.0556. The summed E-state index contributed by atoms with van der Waals surface area (Å²) in [6.45, 7) is 0.702. The summed E-state index contributed by atoms with van der Waals surface area (Å²) in [5, 5.41) is 1.78. The summed E-state index contributed by atoms with van der Waals surface area (Å²) < 4.78 is 4.25. The van der Waals surface area contributed by atoms with Crippen molar-refractivity contribution in [1.29, 1.82) is 0 Å². The second-order valence-corrected chi connectivity index (χ2v) is 6.14. The van der Waals surface area contributed by atoms with E-state index in [4.69, 9.17) is 16.6 Å². The van der Waals surface area contributed by atoms with E-state index in [0.29, 0.717) is 6.54 Å². The van der Waals surface area contributed by atoms with Gasteiger partial charge < -0.3 is 4.57 Å². The van der Waals surface area contributed by atoms with Gasteiger partial charge in [0.1, 0.15) is 23.1 Å². The molecule has 24 heavy (non-hydrogen) atoms. The predicted molar refractivity (Wildman–Crippen MR) is 94.3 cm³/mol. The van der Waals surface area contributed by atoms with Crippen LogP contribution in [0.5, 0.6) is 0 Å². The Morgan fingerprint density at radius 2 is 1.96 bits per heavy atom. The highest BCUT2D eigenvalue weighted by Crippen LogP contribution is 2.29. The fourth-order valence-corrected chi connectivity index (χ4v) is 3.44. The molecule has 0 spiro atoms. The van der Waals surface area contributed by atoms with E-state index >= 15 is 0 Å². The molecular formula is C18H12ClN5. The van der Waals surface area contributed by atoms with Gasteiger partial charge in [-0.05, 0) is 29.8 Å². The second-order valence-electron chi connectivity index (χ2n) is 5.70. The third-order valence-electron chi connectivity index (χ3n) is 4.23. The zero-order valence-corrected chi connectivity index (χ0v) is 13.4. The Kier molecular flexibility index (Phi) is 2.84. The third-order valence-corrected chi connectivity index (χ3v) is 4.47. The number of halogens is 1. The Balaban J connectivity index is 1.87. The maximum atomic E-state index is 6.15. The number of pyridine rings is 1. The maximum Gasteiger partial charge on any atom is 0.147 e. The van der Waals surface area contributed by atoms with E-state index in [1.807, 2.05) is 40.9 Å². The summed E-state index contributed by atoms with van der Waals surface area (Å²) in [4.78, 5) is 13.3. The van der Waals surface area contributed by atoms with Crippen LogP contribution in [0, 0.1) is 0 Å². The lowest BCUT2D eigenvalue weighted by molar-refractivity contribution is 0.846. The van der Waals surface area contributed by atoms with Gasteiger partial charge in [0.2, 0.25) is 0 Å². The average molecular weight is 334 g/mol. The highest BCUT2D eigenvalue weighted by Gasteiger charge is 2.17. The van der Waals surface area contributed by atoms with E-state index in [0.717, 1.165) is 38.3 Å². The van der Waals surface area contributed by atoms with E-state index in [-0.39, 0.29) is 0 Å². The van der Waals surface area contributed by atoms with Crippen molar-refractivity contribution in [2.24, 2.45) is 0 Å². The smallest absolute Gasteiger partial charge is 0.147 e. The van der Waals surface area contributed by atoms with Crippen LogP contribution in [0.4, 0.5) is 0 Å². The van der Waals surface area contributed by atoms with Gasteiger partial charge in [0.05, 0.1) is 5.52 Å². The van der Waals surface area contributed by atoms with Gasteiger partial charge in [-0.3, -0.25) is 9.38 Å². The van der Waals surface area contributed by atoms with E-state index in [2.05, 4.69) is 20.6 Å². The van der Waals surface area contributed by atoms with Crippen LogP contribution in [-0.4, -0.2) is 23.9 Å². The lowest BCUT2D eigenvalue weighted by atomic mass is 10.2.